The SMILES string of the molecule is CC.COc1ccc(-c2ncc(Br)cc2N)cn1. The number of nitrogen functional groups attached to an aromatic ring is 1. The van der Waals surface area contributed by atoms with Crippen molar-refractivity contribution < 1.29 is 4.74 Å². The lowest BCUT2D eigenvalue weighted by Crippen LogP contribution is -1.94. The molecule has 2 N–H and O–H groups in total. The summed E-state index contributed by atoms with van der Waals surface area (Å²) in [7, 11) is 1.58. The first kappa shape index (κ1) is 14.4. The van der Waals surface area contributed by atoms with Gasteiger partial charge in [0.05, 0.1) is 18.5 Å². The van der Waals surface area contributed by atoms with Crippen molar-refractivity contribution in [3.8, 4) is 17.1 Å². The minimum absolute atomic E-state index is 0.569. The molecule has 2 aromatic heterocycles. The molecule has 96 valence electrons. The molecule has 0 aliphatic carbocycles. The highest BCUT2D eigenvalue weighted by molar-refractivity contribution is 9.10. The van der Waals surface area contributed by atoms with Gasteiger partial charge in [-0.2, -0.15) is 0 Å². The molecule has 0 aliphatic rings. The van der Waals surface area contributed by atoms with Gasteiger partial charge in [0.25, 0.3) is 0 Å². The minimum Gasteiger partial charge on any atom is -0.481 e. The molecule has 0 amide bonds. The van der Waals surface area contributed by atoms with E-state index in [4.69, 9.17) is 10.5 Å². The van der Waals surface area contributed by atoms with E-state index in [2.05, 4.69) is 25.9 Å². The van der Waals surface area contributed by atoms with Crippen LogP contribution < -0.4 is 10.5 Å². The number of ether oxygens (including phenoxy) is 1. The number of halogens is 1. The Balaban J connectivity index is 0.000000771. The van der Waals surface area contributed by atoms with Gasteiger partial charge in [-0.15, -0.1) is 0 Å². The van der Waals surface area contributed by atoms with E-state index in [0.717, 1.165) is 15.7 Å². The van der Waals surface area contributed by atoms with Crippen molar-refractivity contribution >= 4 is 21.6 Å². The Morgan fingerprint density at radius 3 is 2.39 bits per heavy atom. The van der Waals surface area contributed by atoms with Crippen LogP contribution in [-0.4, -0.2) is 17.1 Å². The van der Waals surface area contributed by atoms with Crippen molar-refractivity contribution in [1.29, 1.82) is 0 Å². The molecule has 18 heavy (non-hydrogen) atoms. The molecule has 0 bridgehead atoms. The fourth-order valence-electron chi connectivity index (χ4n) is 1.34. The highest BCUT2D eigenvalue weighted by Crippen LogP contribution is 2.26. The van der Waals surface area contributed by atoms with Crippen LogP contribution in [0.3, 0.4) is 0 Å². The predicted octanol–water partition coefficient (Wildman–Crippen LogP) is 3.52. The number of rotatable bonds is 2. The monoisotopic (exact) mass is 309 g/mol. The molecule has 0 saturated carbocycles. The average molecular weight is 310 g/mol. The van der Waals surface area contributed by atoms with Crippen molar-refractivity contribution in [3.63, 3.8) is 0 Å². The lowest BCUT2D eigenvalue weighted by atomic mass is 10.1. The average Bonchev–Trinajstić information content (AvgIpc) is 2.41. The Morgan fingerprint density at radius 1 is 1.17 bits per heavy atom. The maximum Gasteiger partial charge on any atom is 0.212 e. The van der Waals surface area contributed by atoms with Crippen LogP contribution in [0.15, 0.2) is 35.1 Å². The van der Waals surface area contributed by atoms with Crippen molar-refractivity contribution in [1.82, 2.24) is 9.97 Å². The molecule has 2 aromatic rings. The molecule has 2 heterocycles. The van der Waals surface area contributed by atoms with Gasteiger partial charge in [-0.25, -0.2) is 4.98 Å². The summed E-state index contributed by atoms with van der Waals surface area (Å²) < 4.78 is 5.84. The summed E-state index contributed by atoms with van der Waals surface area (Å²) in [6.07, 6.45) is 3.39. The summed E-state index contributed by atoms with van der Waals surface area (Å²) in [4.78, 5) is 8.36. The summed E-state index contributed by atoms with van der Waals surface area (Å²) in [6.45, 7) is 4.00. The molecule has 0 aliphatic heterocycles. The van der Waals surface area contributed by atoms with E-state index >= 15 is 0 Å². The van der Waals surface area contributed by atoms with Crippen LogP contribution in [0.2, 0.25) is 0 Å². The van der Waals surface area contributed by atoms with E-state index in [0.29, 0.717) is 11.6 Å². The molecule has 0 unspecified atom stereocenters. The third kappa shape index (κ3) is 3.43. The highest BCUT2D eigenvalue weighted by atomic mass is 79.9. The summed E-state index contributed by atoms with van der Waals surface area (Å²) in [5.41, 5.74) is 8.07. The second-order valence-electron chi connectivity index (χ2n) is 3.18. The Labute approximate surface area is 115 Å². The largest absolute Gasteiger partial charge is 0.481 e. The summed E-state index contributed by atoms with van der Waals surface area (Å²) in [6, 6.07) is 5.46. The zero-order valence-electron chi connectivity index (χ0n) is 10.6. The molecular formula is C13H16BrN3O. The van der Waals surface area contributed by atoms with Crippen molar-refractivity contribution in [3.05, 3.63) is 35.1 Å². The van der Waals surface area contributed by atoms with Crippen LogP contribution in [0.5, 0.6) is 5.88 Å². The zero-order valence-corrected chi connectivity index (χ0v) is 12.2. The lowest BCUT2D eigenvalue weighted by Gasteiger charge is -2.05. The van der Waals surface area contributed by atoms with Crippen LogP contribution in [0.1, 0.15) is 13.8 Å². The fourth-order valence-corrected chi connectivity index (χ4v) is 1.69. The van der Waals surface area contributed by atoms with Gasteiger partial charge in [0.1, 0.15) is 0 Å². The molecule has 0 atom stereocenters. The maximum atomic E-state index is 5.87. The van der Waals surface area contributed by atoms with Gasteiger partial charge in [-0.3, -0.25) is 4.98 Å². The third-order valence-electron chi connectivity index (χ3n) is 2.10. The standard InChI is InChI=1S/C11H10BrN3O.C2H6/c1-16-10-3-2-7(5-14-10)11-9(13)4-8(12)6-15-11;1-2/h2-6H,13H2,1H3;1-2H3. The number of anilines is 1. The smallest absolute Gasteiger partial charge is 0.212 e. The van der Waals surface area contributed by atoms with E-state index in [1.807, 2.05) is 26.0 Å². The Bertz CT molecular complexity index is 500. The topological polar surface area (TPSA) is 61.0 Å². The molecule has 0 spiro atoms. The first-order chi connectivity index (χ1) is 8.70. The number of methoxy groups -OCH3 is 1. The quantitative estimate of drug-likeness (QED) is 0.922. The summed E-state index contributed by atoms with van der Waals surface area (Å²) >= 11 is 3.31. The van der Waals surface area contributed by atoms with Gasteiger partial charge in [-0.05, 0) is 28.1 Å². The molecule has 0 fully saturated rings. The number of nitrogens with two attached hydrogens (primary N) is 1. The van der Waals surface area contributed by atoms with Gasteiger partial charge >= 0.3 is 0 Å². The predicted molar refractivity (Wildman–Crippen MR) is 77.5 cm³/mol. The zero-order chi connectivity index (χ0) is 13.5. The fraction of sp³-hybridized carbons (Fsp3) is 0.231. The second-order valence-corrected chi connectivity index (χ2v) is 4.10. The van der Waals surface area contributed by atoms with Crippen molar-refractivity contribution in [2.24, 2.45) is 0 Å². The number of hydrogen-bond acceptors (Lipinski definition) is 4. The van der Waals surface area contributed by atoms with Crippen LogP contribution in [0.4, 0.5) is 5.69 Å². The second kappa shape index (κ2) is 6.96. The number of nitrogens with zero attached hydrogens (tertiary/aromatic N) is 2. The highest BCUT2D eigenvalue weighted by Gasteiger charge is 2.05. The first-order valence-corrected chi connectivity index (χ1v) is 6.41. The number of hydrogen-bond donors (Lipinski definition) is 1. The van der Waals surface area contributed by atoms with Gasteiger partial charge in [0.2, 0.25) is 5.88 Å². The number of aromatic nitrogens is 2. The summed E-state index contributed by atoms with van der Waals surface area (Å²) in [5, 5.41) is 0. The van der Waals surface area contributed by atoms with Gasteiger partial charge in [-0.1, -0.05) is 13.8 Å². The molecular weight excluding hydrogens is 294 g/mol. The molecule has 0 radical (unpaired) electrons. The molecule has 0 aromatic carbocycles. The van der Waals surface area contributed by atoms with Gasteiger partial charge < -0.3 is 10.5 Å². The normalized spacial score (nSPS) is 9.33. The molecule has 5 heteroatoms. The van der Waals surface area contributed by atoms with E-state index < -0.39 is 0 Å². The molecule has 0 saturated heterocycles. The summed E-state index contributed by atoms with van der Waals surface area (Å²) in [5.74, 6) is 0.569. The van der Waals surface area contributed by atoms with E-state index in [-0.39, 0.29) is 0 Å². The van der Waals surface area contributed by atoms with E-state index in [1.165, 1.54) is 0 Å². The van der Waals surface area contributed by atoms with Crippen LogP contribution >= 0.6 is 15.9 Å². The number of pyridine rings is 2. The van der Waals surface area contributed by atoms with Crippen LogP contribution in [0, 0.1) is 0 Å². The Hall–Kier alpha value is -1.62. The maximum absolute atomic E-state index is 5.87. The molecule has 4 nitrogen and oxygen atoms in total. The lowest BCUT2D eigenvalue weighted by molar-refractivity contribution is 0.398. The van der Waals surface area contributed by atoms with Gasteiger partial charge in [0, 0.05) is 28.5 Å². The Kier molecular flexibility index (Phi) is 5.58. The third-order valence-corrected chi connectivity index (χ3v) is 2.54. The van der Waals surface area contributed by atoms with E-state index in [9.17, 15) is 0 Å². The van der Waals surface area contributed by atoms with Gasteiger partial charge in [0.15, 0.2) is 0 Å². The van der Waals surface area contributed by atoms with Crippen LogP contribution in [-0.2, 0) is 0 Å². The first-order valence-electron chi connectivity index (χ1n) is 5.62. The Morgan fingerprint density at radius 2 is 1.89 bits per heavy atom. The van der Waals surface area contributed by atoms with Crippen LogP contribution in [0.25, 0.3) is 11.3 Å². The van der Waals surface area contributed by atoms with Crippen molar-refractivity contribution in [2.75, 3.05) is 12.8 Å². The van der Waals surface area contributed by atoms with Crippen molar-refractivity contribution in [2.45, 2.75) is 13.8 Å². The molecule has 2 rings (SSSR count). The minimum atomic E-state index is 0.569. The van der Waals surface area contributed by atoms with E-state index in [1.54, 1.807) is 25.6 Å².